The summed E-state index contributed by atoms with van der Waals surface area (Å²) >= 11 is 1.73. The fraction of sp³-hybridized carbons (Fsp3) is 0.321. The number of hydrogen-bond acceptors (Lipinski definition) is 8. The van der Waals surface area contributed by atoms with Crippen LogP contribution in [0.25, 0.3) is 21.3 Å². The van der Waals surface area contributed by atoms with Gasteiger partial charge in [-0.05, 0) is 36.6 Å². The molecule has 0 saturated carbocycles. The first-order valence-electron chi connectivity index (χ1n) is 13.0. The summed E-state index contributed by atoms with van der Waals surface area (Å²) in [4.78, 5) is 29.1. The molecule has 6 rings (SSSR count). The van der Waals surface area contributed by atoms with Gasteiger partial charge >= 0.3 is 0 Å². The quantitative estimate of drug-likeness (QED) is 0.290. The van der Waals surface area contributed by atoms with Crippen LogP contribution in [0, 0.1) is 0 Å². The Kier molecular flexibility index (Phi) is 6.87. The number of carbonyl (C=O) groups excluding carboxylic acids is 1. The third kappa shape index (κ3) is 4.79. The van der Waals surface area contributed by atoms with Crippen molar-refractivity contribution in [1.82, 2.24) is 30.3 Å². The van der Waals surface area contributed by atoms with Crippen molar-refractivity contribution in [2.45, 2.75) is 32.2 Å². The molecule has 0 bridgehead atoms. The van der Waals surface area contributed by atoms with Gasteiger partial charge in [0.2, 0.25) is 5.91 Å². The van der Waals surface area contributed by atoms with Crippen LogP contribution in [0.5, 0.6) is 5.75 Å². The summed E-state index contributed by atoms with van der Waals surface area (Å²) in [6.07, 6.45) is 3.69. The standard InChI is InChI=1S/C28H29N7O2S/c1-2-20-16-21-27(29-18-30-28(21)38-20)35-14-13-34(17-23(35)19-8-4-3-5-9-19)25(36)12-7-15-37-24-11-6-10-22-26(24)32-33-31-22/h3-6,8-11,16,18,23H,2,7,12-15,17H2,1H3,(H,31,32,33). The van der Waals surface area contributed by atoms with Crippen LogP contribution in [0.1, 0.15) is 36.2 Å². The summed E-state index contributed by atoms with van der Waals surface area (Å²) in [6.45, 7) is 4.57. The predicted molar refractivity (Wildman–Crippen MR) is 149 cm³/mol. The number of benzene rings is 2. The molecule has 5 aromatic rings. The molecule has 1 aliphatic rings. The van der Waals surface area contributed by atoms with Crippen molar-refractivity contribution < 1.29 is 9.53 Å². The average Bonchev–Trinajstić information content (AvgIpc) is 3.63. The molecule has 0 aliphatic carbocycles. The van der Waals surface area contributed by atoms with Crippen LogP contribution in [-0.2, 0) is 11.2 Å². The number of anilines is 1. The molecule has 1 unspecified atom stereocenters. The Balaban J connectivity index is 1.15. The molecule has 1 N–H and O–H groups in total. The van der Waals surface area contributed by atoms with Crippen LogP contribution in [0.4, 0.5) is 5.82 Å². The first-order chi connectivity index (χ1) is 18.7. The number of hydrogen-bond donors (Lipinski definition) is 1. The number of H-pyrrole nitrogens is 1. The molecular formula is C28H29N7O2S. The number of aromatic amines is 1. The number of ether oxygens (including phenoxy) is 1. The molecule has 4 heterocycles. The number of fused-ring (bicyclic) bond motifs is 2. The third-order valence-corrected chi connectivity index (χ3v) is 8.19. The highest BCUT2D eigenvalue weighted by atomic mass is 32.1. The van der Waals surface area contributed by atoms with Crippen molar-refractivity contribution in [2.24, 2.45) is 0 Å². The van der Waals surface area contributed by atoms with Gasteiger partial charge in [0, 0.05) is 30.9 Å². The van der Waals surface area contributed by atoms with E-state index in [2.05, 4.69) is 62.6 Å². The Morgan fingerprint density at radius 2 is 2.00 bits per heavy atom. The third-order valence-electron chi connectivity index (χ3n) is 7.00. The number of piperazine rings is 1. The number of nitrogens with zero attached hydrogens (tertiary/aromatic N) is 6. The van der Waals surface area contributed by atoms with E-state index < -0.39 is 0 Å². The van der Waals surface area contributed by atoms with E-state index in [1.54, 1.807) is 17.7 Å². The molecule has 1 aliphatic heterocycles. The number of aryl methyl sites for hydroxylation is 1. The fourth-order valence-electron chi connectivity index (χ4n) is 5.04. The second-order valence-electron chi connectivity index (χ2n) is 9.34. The zero-order valence-electron chi connectivity index (χ0n) is 21.2. The maximum Gasteiger partial charge on any atom is 0.222 e. The molecule has 1 amide bonds. The molecule has 9 nitrogen and oxygen atoms in total. The van der Waals surface area contributed by atoms with Gasteiger partial charge in [0.15, 0.2) is 5.52 Å². The Morgan fingerprint density at radius 3 is 2.87 bits per heavy atom. The molecular weight excluding hydrogens is 498 g/mol. The molecule has 0 spiro atoms. The molecule has 3 aromatic heterocycles. The smallest absolute Gasteiger partial charge is 0.222 e. The van der Waals surface area contributed by atoms with Crippen molar-refractivity contribution >= 4 is 44.3 Å². The summed E-state index contributed by atoms with van der Waals surface area (Å²) in [5, 5.41) is 12.0. The number of rotatable bonds is 8. The van der Waals surface area contributed by atoms with E-state index in [1.165, 1.54) is 10.4 Å². The zero-order chi connectivity index (χ0) is 25.9. The van der Waals surface area contributed by atoms with E-state index in [4.69, 9.17) is 9.72 Å². The maximum absolute atomic E-state index is 13.3. The Morgan fingerprint density at radius 1 is 1.11 bits per heavy atom. The topological polar surface area (TPSA) is 100 Å². The van der Waals surface area contributed by atoms with Crippen molar-refractivity contribution in [3.63, 3.8) is 0 Å². The fourth-order valence-corrected chi connectivity index (χ4v) is 5.97. The Hall–Kier alpha value is -4.05. The van der Waals surface area contributed by atoms with Crippen LogP contribution in [0.3, 0.4) is 0 Å². The second-order valence-corrected chi connectivity index (χ2v) is 10.5. The zero-order valence-corrected chi connectivity index (χ0v) is 22.0. The van der Waals surface area contributed by atoms with Gasteiger partial charge in [-0.25, -0.2) is 9.97 Å². The molecule has 0 radical (unpaired) electrons. The summed E-state index contributed by atoms with van der Waals surface area (Å²) in [7, 11) is 0. The molecule has 1 atom stereocenters. The average molecular weight is 528 g/mol. The largest absolute Gasteiger partial charge is 0.491 e. The van der Waals surface area contributed by atoms with Crippen molar-refractivity contribution in [2.75, 3.05) is 31.1 Å². The SMILES string of the molecule is CCc1cc2c(N3CCN(C(=O)CCCOc4cccc5n[nH]nc45)CC3c3ccccc3)ncnc2s1. The molecule has 2 aromatic carbocycles. The normalized spacial score (nSPS) is 15.9. The van der Waals surface area contributed by atoms with Gasteiger partial charge in [-0.3, -0.25) is 4.79 Å². The lowest BCUT2D eigenvalue weighted by Gasteiger charge is -2.42. The van der Waals surface area contributed by atoms with Crippen LogP contribution < -0.4 is 9.64 Å². The molecule has 1 saturated heterocycles. The lowest BCUT2D eigenvalue weighted by Crippen LogP contribution is -2.51. The minimum Gasteiger partial charge on any atom is -0.491 e. The highest BCUT2D eigenvalue weighted by Gasteiger charge is 2.32. The van der Waals surface area contributed by atoms with E-state index in [0.29, 0.717) is 50.3 Å². The second kappa shape index (κ2) is 10.7. The van der Waals surface area contributed by atoms with E-state index >= 15 is 0 Å². The van der Waals surface area contributed by atoms with Gasteiger partial charge in [-0.1, -0.05) is 43.3 Å². The number of nitrogens with one attached hydrogen (secondary N) is 1. The number of thiophene rings is 1. The monoisotopic (exact) mass is 527 g/mol. The number of para-hydroxylation sites is 1. The van der Waals surface area contributed by atoms with E-state index in [1.807, 2.05) is 29.2 Å². The highest BCUT2D eigenvalue weighted by molar-refractivity contribution is 7.18. The molecule has 38 heavy (non-hydrogen) atoms. The van der Waals surface area contributed by atoms with Crippen molar-refractivity contribution in [3.05, 3.63) is 71.4 Å². The van der Waals surface area contributed by atoms with Gasteiger partial charge < -0.3 is 14.5 Å². The van der Waals surface area contributed by atoms with E-state index in [0.717, 1.165) is 28.0 Å². The first-order valence-corrected chi connectivity index (χ1v) is 13.8. The molecule has 194 valence electrons. The number of aromatic nitrogens is 5. The minimum absolute atomic E-state index is 0.0120. The van der Waals surface area contributed by atoms with Gasteiger partial charge in [-0.2, -0.15) is 15.4 Å². The van der Waals surface area contributed by atoms with Crippen LogP contribution in [0.2, 0.25) is 0 Å². The Bertz CT molecular complexity index is 1550. The highest BCUT2D eigenvalue weighted by Crippen LogP contribution is 2.36. The summed E-state index contributed by atoms with van der Waals surface area (Å²) in [5.74, 6) is 1.77. The molecule has 10 heteroatoms. The van der Waals surface area contributed by atoms with Gasteiger partial charge in [0.25, 0.3) is 0 Å². The van der Waals surface area contributed by atoms with E-state index in [-0.39, 0.29) is 11.9 Å². The Labute approximate surface area is 224 Å². The number of carbonyl (C=O) groups is 1. The maximum atomic E-state index is 13.3. The summed E-state index contributed by atoms with van der Waals surface area (Å²) in [6, 6.07) is 18.3. The van der Waals surface area contributed by atoms with E-state index in [9.17, 15) is 4.79 Å². The lowest BCUT2D eigenvalue weighted by molar-refractivity contribution is -0.132. The van der Waals surface area contributed by atoms with Crippen LogP contribution in [-0.4, -0.2) is 62.4 Å². The summed E-state index contributed by atoms with van der Waals surface area (Å²) < 4.78 is 5.92. The van der Waals surface area contributed by atoms with Gasteiger partial charge in [0.1, 0.15) is 28.2 Å². The van der Waals surface area contributed by atoms with Crippen LogP contribution in [0.15, 0.2) is 60.9 Å². The minimum atomic E-state index is 0.0120. The molecule has 1 fully saturated rings. The van der Waals surface area contributed by atoms with Crippen LogP contribution >= 0.6 is 11.3 Å². The van der Waals surface area contributed by atoms with Crippen molar-refractivity contribution in [3.8, 4) is 5.75 Å². The van der Waals surface area contributed by atoms with Gasteiger partial charge in [-0.15, -0.1) is 11.3 Å². The lowest BCUT2D eigenvalue weighted by atomic mass is 10.0. The van der Waals surface area contributed by atoms with Crippen molar-refractivity contribution in [1.29, 1.82) is 0 Å². The first kappa shape index (κ1) is 24.3. The summed E-state index contributed by atoms with van der Waals surface area (Å²) in [5.41, 5.74) is 2.64. The predicted octanol–water partition coefficient (Wildman–Crippen LogP) is 4.77. The number of amides is 1. The van der Waals surface area contributed by atoms with Gasteiger partial charge in [0.05, 0.1) is 18.0 Å².